The van der Waals surface area contributed by atoms with E-state index >= 15 is 0 Å². The number of nitrogens with one attached hydrogen (secondary N) is 1. The van der Waals surface area contributed by atoms with Gasteiger partial charge in [0.1, 0.15) is 0 Å². The van der Waals surface area contributed by atoms with E-state index in [4.69, 9.17) is 5.73 Å². The van der Waals surface area contributed by atoms with Crippen molar-refractivity contribution >= 4 is 17.7 Å². The second-order valence-corrected chi connectivity index (χ2v) is 5.27. The fourth-order valence-corrected chi connectivity index (χ4v) is 2.96. The number of amides is 1. The molecule has 0 spiro atoms. The van der Waals surface area contributed by atoms with Crippen molar-refractivity contribution in [2.75, 3.05) is 18.1 Å². The van der Waals surface area contributed by atoms with Crippen molar-refractivity contribution in [1.29, 1.82) is 0 Å². The zero-order chi connectivity index (χ0) is 12.8. The van der Waals surface area contributed by atoms with Gasteiger partial charge in [0.2, 0.25) is 0 Å². The lowest BCUT2D eigenvalue weighted by Crippen LogP contribution is -2.34. The van der Waals surface area contributed by atoms with E-state index in [1.807, 2.05) is 30.0 Å². The van der Waals surface area contributed by atoms with Crippen molar-refractivity contribution in [1.82, 2.24) is 5.32 Å². The molecule has 4 heteroatoms. The van der Waals surface area contributed by atoms with Crippen LogP contribution in [0.1, 0.15) is 22.3 Å². The van der Waals surface area contributed by atoms with E-state index in [1.165, 1.54) is 0 Å². The highest BCUT2D eigenvalue weighted by molar-refractivity contribution is 7.99. The zero-order valence-corrected chi connectivity index (χ0v) is 10.9. The van der Waals surface area contributed by atoms with Crippen molar-refractivity contribution in [3.8, 4) is 11.8 Å². The van der Waals surface area contributed by atoms with Crippen LogP contribution in [0, 0.1) is 11.8 Å². The minimum absolute atomic E-state index is 0.0149. The molecule has 3 N–H and O–H groups in total. The lowest BCUT2D eigenvalue weighted by molar-refractivity contribution is 0.0941. The van der Waals surface area contributed by atoms with Gasteiger partial charge in [0.05, 0.1) is 6.54 Å². The molecule has 1 unspecified atom stereocenters. The Morgan fingerprint density at radius 1 is 1.56 bits per heavy atom. The second-order valence-electron chi connectivity index (χ2n) is 4.12. The summed E-state index contributed by atoms with van der Waals surface area (Å²) in [7, 11) is 0. The average molecular weight is 260 g/mol. The lowest BCUT2D eigenvalue weighted by atomic mass is 10.1. The van der Waals surface area contributed by atoms with Crippen molar-refractivity contribution in [2.45, 2.75) is 12.5 Å². The van der Waals surface area contributed by atoms with Crippen LogP contribution in [0.5, 0.6) is 0 Å². The first-order valence-electron chi connectivity index (χ1n) is 5.97. The fraction of sp³-hybridized carbons (Fsp3) is 0.357. The van der Waals surface area contributed by atoms with Crippen LogP contribution in [0.3, 0.4) is 0 Å². The molecule has 1 aromatic rings. The van der Waals surface area contributed by atoms with Crippen molar-refractivity contribution in [3.63, 3.8) is 0 Å². The van der Waals surface area contributed by atoms with E-state index in [2.05, 4.69) is 17.2 Å². The summed E-state index contributed by atoms with van der Waals surface area (Å²) in [5, 5.41) is 3.05. The predicted molar refractivity (Wildman–Crippen MR) is 75.6 cm³/mol. The van der Waals surface area contributed by atoms with Gasteiger partial charge in [0.25, 0.3) is 5.91 Å². The Bertz CT molecular complexity index is 484. The summed E-state index contributed by atoms with van der Waals surface area (Å²) in [5.41, 5.74) is 6.82. The second kappa shape index (κ2) is 6.48. The maximum atomic E-state index is 12.0. The summed E-state index contributed by atoms with van der Waals surface area (Å²) in [6.45, 7) is 0.329. The molecule has 18 heavy (non-hydrogen) atoms. The Labute approximate surface area is 112 Å². The summed E-state index contributed by atoms with van der Waals surface area (Å²) < 4.78 is 0. The number of nitrogens with two attached hydrogens (primary N) is 1. The number of hydrogen-bond acceptors (Lipinski definition) is 3. The van der Waals surface area contributed by atoms with E-state index in [1.54, 1.807) is 6.07 Å². The van der Waals surface area contributed by atoms with Gasteiger partial charge in [-0.25, -0.2) is 0 Å². The first-order chi connectivity index (χ1) is 8.79. The monoisotopic (exact) mass is 260 g/mol. The third-order valence-electron chi connectivity index (χ3n) is 2.72. The normalized spacial score (nSPS) is 17.9. The first kappa shape index (κ1) is 13.0. The topological polar surface area (TPSA) is 55.1 Å². The van der Waals surface area contributed by atoms with Crippen LogP contribution in [0.4, 0.5) is 0 Å². The number of carbonyl (C=O) groups is 1. The minimum atomic E-state index is -0.0149. The van der Waals surface area contributed by atoms with Crippen LogP contribution >= 0.6 is 11.8 Å². The van der Waals surface area contributed by atoms with E-state index in [9.17, 15) is 4.79 Å². The van der Waals surface area contributed by atoms with Crippen LogP contribution in [0.15, 0.2) is 24.3 Å². The van der Waals surface area contributed by atoms with Gasteiger partial charge in [0, 0.05) is 22.9 Å². The molecule has 1 aromatic carbocycles. The number of carbonyl (C=O) groups excluding carboxylic acids is 1. The minimum Gasteiger partial charge on any atom is -0.348 e. The van der Waals surface area contributed by atoms with E-state index in [0.29, 0.717) is 18.2 Å². The molecule has 1 aliphatic heterocycles. The SMILES string of the molecule is NCC#Cc1cccc(C(=O)NC2CCSC2)c1. The highest BCUT2D eigenvalue weighted by Crippen LogP contribution is 2.17. The summed E-state index contributed by atoms with van der Waals surface area (Å²) in [6.07, 6.45) is 1.06. The Morgan fingerprint density at radius 2 is 2.44 bits per heavy atom. The van der Waals surface area contributed by atoms with Gasteiger partial charge in [-0.2, -0.15) is 11.8 Å². The molecule has 1 saturated heterocycles. The van der Waals surface area contributed by atoms with Crippen LogP contribution in [-0.4, -0.2) is 30.0 Å². The molecular weight excluding hydrogens is 244 g/mol. The molecule has 0 aromatic heterocycles. The average Bonchev–Trinajstić information content (AvgIpc) is 2.89. The van der Waals surface area contributed by atoms with Crippen molar-refractivity contribution in [2.24, 2.45) is 5.73 Å². The molecular formula is C14H16N2OS. The van der Waals surface area contributed by atoms with Crippen LogP contribution < -0.4 is 11.1 Å². The van der Waals surface area contributed by atoms with E-state index < -0.39 is 0 Å². The molecule has 1 aliphatic rings. The Hall–Kier alpha value is -1.44. The number of thioether (sulfide) groups is 1. The molecule has 0 aliphatic carbocycles. The predicted octanol–water partition coefficient (Wildman–Crippen LogP) is 1.23. The number of rotatable bonds is 2. The Morgan fingerprint density at radius 3 is 3.17 bits per heavy atom. The molecule has 0 radical (unpaired) electrons. The largest absolute Gasteiger partial charge is 0.348 e. The van der Waals surface area contributed by atoms with Crippen LogP contribution in [0.2, 0.25) is 0 Å². The number of benzene rings is 1. The molecule has 94 valence electrons. The van der Waals surface area contributed by atoms with Gasteiger partial charge in [-0.15, -0.1) is 0 Å². The molecule has 1 amide bonds. The molecule has 1 atom stereocenters. The number of hydrogen-bond donors (Lipinski definition) is 2. The zero-order valence-electron chi connectivity index (χ0n) is 10.1. The molecule has 1 heterocycles. The molecule has 0 saturated carbocycles. The molecule has 1 fully saturated rings. The molecule has 3 nitrogen and oxygen atoms in total. The molecule has 0 bridgehead atoms. The maximum absolute atomic E-state index is 12.0. The highest BCUT2D eigenvalue weighted by atomic mass is 32.2. The smallest absolute Gasteiger partial charge is 0.251 e. The Kier molecular flexibility index (Phi) is 4.68. The van der Waals surface area contributed by atoms with Crippen LogP contribution in [0.25, 0.3) is 0 Å². The highest BCUT2D eigenvalue weighted by Gasteiger charge is 2.18. The summed E-state index contributed by atoms with van der Waals surface area (Å²) in [4.78, 5) is 12.0. The van der Waals surface area contributed by atoms with Gasteiger partial charge < -0.3 is 11.1 Å². The van der Waals surface area contributed by atoms with Gasteiger partial charge in [-0.05, 0) is 30.4 Å². The van der Waals surface area contributed by atoms with Gasteiger partial charge in [0.15, 0.2) is 0 Å². The standard InChI is InChI=1S/C14H16N2OS/c15-7-2-4-11-3-1-5-12(9-11)14(17)16-13-6-8-18-10-13/h1,3,5,9,13H,6-8,10,15H2,(H,16,17). The Balaban J connectivity index is 2.05. The molecule has 2 rings (SSSR count). The maximum Gasteiger partial charge on any atom is 0.251 e. The van der Waals surface area contributed by atoms with Crippen LogP contribution in [-0.2, 0) is 0 Å². The van der Waals surface area contributed by atoms with Crippen molar-refractivity contribution < 1.29 is 4.79 Å². The fourth-order valence-electron chi connectivity index (χ4n) is 1.81. The quantitative estimate of drug-likeness (QED) is 0.786. The van der Waals surface area contributed by atoms with E-state index in [0.717, 1.165) is 23.5 Å². The third kappa shape index (κ3) is 3.52. The first-order valence-corrected chi connectivity index (χ1v) is 7.12. The van der Waals surface area contributed by atoms with Crippen molar-refractivity contribution in [3.05, 3.63) is 35.4 Å². The summed E-state index contributed by atoms with van der Waals surface area (Å²) in [5.74, 6) is 7.85. The van der Waals surface area contributed by atoms with Gasteiger partial charge in [-0.3, -0.25) is 4.79 Å². The summed E-state index contributed by atoms with van der Waals surface area (Å²) in [6, 6.07) is 7.65. The van der Waals surface area contributed by atoms with E-state index in [-0.39, 0.29) is 5.91 Å². The van der Waals surface area contributed by atoms with Gasteiger partial charge in [-0.1, -0.05) is 17.9 Å². The van der Waals surface area contributed by atoms with Gasteiger partial charge >= 0.3 is 0 Å². The third-order valence-corrected chi connectivity index (χ3v) is 3.89. The summed E-state index contributed by atoms with van der Waals surface area (Å²) >= 11 is 1.88. The lowest BCUT2D eigenvalue weighted by Gasteiger charge is -2.11.